The number of hydrogen-bond acceptors (Lipinski definition) is 3. The number of benzene rings is 1. The maximum atomic E-state index is 13.6. The summed E-state index contributed by atoms with van der Waals surface area (Å²) in [4.78, 5) is 4.54. The van der Waals surface area contributed by atoms with Gasteiger partial charge in [0.2, 0.25) is 0 Å². The molecule has 132 valence electrons. The summed E-state index contributed by atoms with van der Waals surface area (Å²) in [6.45, 7) is 1.79. The molecular formula is C18H14F3N5. The van der Waals surface area contributed by atoms with Gasteiger partial charge in [0.25, 0.3) is 6.43 Å². The Balaban J connectivity index is 1.99. The lowest BCUT2D eigenvalue weighted by Crippen LogP contribution is -2.00. The number of alkyl halides is 2. The van der Waals surface area contributed by atoms with Gasteiger partial charge in [0.1, 0.15) is 5.82 Å². The molecule has 0 aliphatic carbocycles. The van der Waals surface area contributed by atoms with Gasteiger partial charge in [-0.1, -0.05) is 0 Å². The van der Waals surface area contributed by atoms with E-state index in [1.807, 2.05) is 0 Å². The molecule has 4 rings (SSSR count). The topological polar surface area (TPSA) is 48.5 Å². The van der Waals surface area contributed by atoms with Crippen molar-refractivity contribution in [2.24, 2.45) is 7.05 Å². The Kier molecular flexibility index (Phi) is 3.75. The molecule has 0 spiro atoms. The number of aromatic nitrogens is 5. The van der Waals surface area contributed by atoms with Gasteiger partial charge in [-0.05, 0) is 37.3 Å². The van der Waals surface area contributed by atoms with E-state index < -0.39 is 12.2 Å². The zero-order valence-electron chi connectivity index (χ0n) is 14.0. The van der Waals surface area contributed by atoms with Gasteiger partial charge in [0, 0.05) is 29.8 Å². The van der Waals surface area contributed by atoms with Crippen molar-refractivity contribution >= 4 is 11.0 Å². The van der Waals surface area contributed by atoms with Crippen molar-refractivity contribution in [3.8, 4) is 16.9 Å². The molecule has 0 atom stereocenters. The van der Waals surface area contributed by atoms with Crippen LogP contribution in [0.2, 0.25) is 0 Å². The minimum Gasteiger partial charge on any atom is -0.275 e. The molecule has 0 radical (unpaired) electrons. The molecule has 0 aliphatic rings. The van der Waals surface area contributed by atoms with E-state index in [1.54, 1.807) is 24.9 Å². The Bertz CT molecular complexity index is 1100. The highest BCUT2D eigenvalue weighted by molar-refractivity contribution is 5.84. The lowest BCUT2D eigenvalue weighted by Gasteiger charge is -2.08. The largest absolute Gasteiger partial charge is 0.275 e. The van der Waals surface area contributed by atoms with Gasteiger partial charge in [-0.3, -0.25) is 4.68 Å². The summed E-state index contributed by atoms with van der Waals surface area (Å²) >= 11 is 0. The fraction of sp³-hybridized carbons (Fsp3) is 0.167. The summed E-state index contributed by atoms with van der Waals surface area (Å²) in [6.07, 6.45) is 0.409. The van der Waals surface area contributed by atoms with E-state index in [9.17, 15) is 13.2 Å². The van der Waals surface area contributed by atoms with E-state index >= 15 is 0 Å². The van der Waals surface area contributed by atoms with Crippen LogP contribution in [0.25, 0.3) is 28.0 Å². The van der Waals surface area contributed by atoms with Crippen molar-refractivity contribution in [3.05, 3.63) is 59.8 Å². The van der Waals surface area contributed by atoms with Crippen LogP contribution in [-0.2, 0) is 7.05 Å². The van der Waals surface area contributed by atoms with Crippen molar-refractivity contribution in [2.75, 3.05) is 0 Å². The fourth-order valence-corrected chi connectivity index (χ4v) is 2.97. The maximum Gasteiger partial charge on any atom is 0.264 e. The first-order valence-corrected chi connectivity index (χ1v) is 7.87. The standard InChI is InChI=1S/C18H14F3N5/c1-10-15(9-25(2)24-10)16-7-13(17(20)21)14-8-22-26(18(14)23-16)12-5-3-11(19)4-6-12/h3-9,17H,1-2H3. The molecule has 3 aromatic heterocycles. The average molecular weight is 357 g/mol. The second-order valence-corrected chi connectivity index (χ2v) is 5.97. The van der Waals surface area contributed by atoms with Gasteiger partial charge in [0.15, 0.2) is 5.65 Å². The highest BCUT2D eigenvalue weighted by Gasteiger charge is 2.20. The van der Waals surface area contributed by atoms with Crippen molar-refractivity contribution in [2.45, 2.75) is 13.3 Å². The molecule has 5 nitrogen and oxygen atoms in total. The van der Waals surface area contributed by atoms with E-state index in [0.29, 0.717) is 22.6 Å². The minimum atomic E-state index is -2.68. The third-order valence-corrected chi connectivity index (χ3v) is 4.17. The molecule has 4 aromatic rings. The monoisotopic (exact) mass is 357 g/mol. The highest BCUT2D eigenvalue weighted by atomic mass is 19.3. The number of nitrogens with zero attached hydrogens (tertiary/aromatic N) is 5. The van der Waals surface area contributed by atoms with Crippen molar-refractivity contribution < 1.29 is 13.2 Å². The van der Waals surface area contributed by atoms with E-state index in [4.69, 9.17) is 0 Å². The molecule has 0 bridgehead atoms. The summed E-state index contributed by atoms with van der Waals surface area (Å²) in [5.74, 6) is -0.391. The molecule has 0 N–H and O–H groups in total. The first kappa shape index (κ1) is 16.3. The van der Waals surface area contributed by atoms with E-state index in [1.165, 1.54) is 41.2 Å². The zero-order chi connectivity index (χ0) is 18.4. The van der Waals surface area contributed by atoms with Crippen LogP contribution in [0.1, 0.15) is 17.7 Å². The minimum absolute atomic E-state index is 0.151. The number of hydrogen-bond donors (Lipinski definition) is 0. The summed E-state index contributed by atoms with van der Waals surface area (Å²) < 4.78 is 43.5. The van der Waals surface area contributed by atoms with Crippen LogP contribution in [0, 0.1) is 12.7 Å². The van der Waals surface area contributed by atoms with Crippen LogP contribution in [0.3, 0.4) is 0 Å². The second-order valence-electron chi connectivity index (χ2n) is 5.97. The van der Waals surface area contributed by atoms with Gasteiger partial charge in [0.05, 0.1) is 23.3 Å². The number of fused-ring (bicyclic) bond motifs is 1. The number of aryl methyl sites for hydroxylation is 2. The molecule has 0 saturated carbocycles. The SMILES string of the molecule is Cc1nn(C)cc1-c1cc(C(F)F)c2cnn(-c3ccc(F)cc3)c2n1. The summed E-state index contributed by atoms with van der Waals surface area (Å²) in [7, 11) is 1.76. The quantitative estimate of drug-likeness (QED) is 0.552. The van der Waals surface area contributed by atoms with Crippen LogP contribution in [0.5, 0.6) is 0 Å². The van der Waals surface area contributed by atoms with Crippen LogP contribution >= 0.6 is 0 Å². The van der Waals surface area contributed by atoms with Crippen LogP contribution < -0.4 is 0 Å². The van der Waals surface area contributed by atoms with Crippen LogP contribution in [0.15, 0.2) is 42.7 Å². The van der Waals surface area contributed by atoms with Gasteiger partial charge in [-0.25, -0.2) is 22.8 Å². The third-order valence-electron chi connectivity index (χ3n) is 4.17. The molecule has 26 heavy (non-hydrogen) atoms. The van der Waals surface area contributed by atoms with Crippen molar-refractivity contribution in [1.29, 1.82) is 0 Å². The molecule has 0 unspecified atom stereocenters. The Morgan fingerprint density at radius 1 is 1.12 bits per heavy atom. The first-order chi connectivity index (χ1) is 12.4. The Morgan fingerprint density at radius 3 is 2.46 bits per heavy atom. The molecule has 0 amide bonds. The fourth-order valence-electron chi connectivity index (χ4n) is 2.97. The Hall–Kier alpha value is -3.16. The normalized spacial score (nSPS) is 11.6. The van der Waals surface area contributed by atoms with Crippen molar-refractivity contribution in [3.63, 3.8) is 0 Å². The lowest BCUT2D eigenvalue weighted by atomic mass is 10.1. The molecule has 3 heterocycles. The highest BCUT2D eigenvalue weighted by Crippen LogP contribution is 2.32. The lowest BCUT2D eigenvalue weighted by molar-refractivity contribution is 0.153. The van der Waals surface area contributed by atoms with E-state index in [0.717, 1.165) is 0 Å². The molecule has 8 heteroatoms. The molecule has 0 aliphatic heterocycles. The molecule has 0 saturated heterocycles. The van der Waals surface area contributed by atoms with Gasteiger partial charge in [-0.2, -0.15) is 10.2 Å². The smallest absolute Gasteiger partial charge is 0.264 e. The number of rotatable bonds is 3. The van der Waals surface area contributed by atoms with E-state index in [2.05, 4.69) is 15.2 Å². The predicted molar refractivity (Wildman–Crippen MR) is 90.7 cm³/mol. The third kappa shape index (κ3) is 2.63. The average Bonchev–Trinajstić information content (AvgIpc) is 3.17. The molecular weight excluding hydrogens is 343 g/mol. The van der Waals surface area contributed by atoms with Gasteiger partial charge >= 0.3 is 0 Å². The van der Waals surface area contributed by atoms with Crippen molar-refractivity contribution in [1.82, 2.24) is 24.5 Å². The summed E-state index contributed by atoms with van der Waals surface area (Å²) in [5, 5.41) is 8.68. The van der Waals surface area contributed by atoms with Crippen LogP contribution in [-0.4, -0.2) is 24.5 Å². The first-order valence-electron chi connectivity index (χ1n) is 7.87. The predicted octanol–water partition coefficient (Wildman–Crippen LogP) is 4.21. The second kappa shape index (κ2) is 5.98. The summed E-state index contributed by atoms with van der Waals surface area (Å²) in [5.41, 5.74) is 2.42. The Labute approximate surface area is 146 Å². The molecule has 1 aromatic carbocycles. The van der Waals surface area contributed by atoms with E-state index in [-0.39, 0.29) is 16.6 Å². The zero-order valence-corrected chi connectivity index (χ0v) is 14.0. The number of pyridine rings is 1. The van der Waals surface area contributed by atoms with Gasteiger partial charge < -0.3 is 0 Å². The molecule has 0 fully saturated rings. The summed E-state index contributed by atoms with van der Waals surface area (Å²) in [6, 6.07) is 6.98. The maximum absolute atomic E-state index is 13.6. The number of halogens is 3. The van der Waals surface area contributed by atoms with Crippen LogP contribution in [0.4, 0.5) is 13.2 Å². The Morgan fingerprint density at radius 2 is 1.85 bits per heavy atom. The van der Waals surface area contributed by atoms with Gasteiger partial charge in [-0.15, -0.1) is 0 Å².